The molecule has 94 valence electrons. The van der Waals surface area contributed by atoms with E-state index < -0.39 is 11.9 Å². The van der Waals surface area contributed by atoms with Crippen LogP contribution in [0.25, 0.3) is 0 Å². The summed E-state index contributed by atoms with van der Waals surface area (Å²) < 4.78 is 4.57. The minimum absolute atomic E-state index is 0.0844. The van der Waals surface area contributed by atoms with E-state index in [0.29, 0.717) is 5.69 Å². The lowest BCUT2D eigenvalue weighted by atomic mass is 10.1. The van der Waals surface area contributed by atoms with Crippen LogP contribution in [0.15, 0.2) is 18.2 Å². The molecule has 6 heteroatoms. The zero-order chi connectivity index (χ0) is 13.1. The van der Waals surface area contributed by atoms with E-state index in [2.05, 4.69) is 15.4 Å². The van der Waals surface area contributed by atoms with Crippen LogP contribution < -0.4 is 10.6 Å². The molecule has 0 spiro atoms. The molecule has 0 bridgehead atoms. The minimum Gasteiger partial charge on any atom is -0.459 e. The Bertz CT molecular complexity index is 525. The lowest BCUT2D eigenvalue weighted by Crippen LogP contribution is -2.24. The summed E-state index contributed by atoms with van der Waals surface area (Å²) in [7, 11) is 0. The molecule has 0 saturated carbocycles. The molecule has 6 nitrogen and oxygen atoms in total. The van der Waals surface area contributed by atoms with Crippen LogP contribution in [0, 0.1) is 0 Å². The van der Waals surface area contributed by atoms with Crippen molar-refractivity contribution in [2.75, 3.05) is 17.2 Å². The molecular weight excluding hydrogens is 236 g/mol. The molecule has 0 aromatic heterocycles. The van der Waals surface area contributed by atoms with Crippen molar-refractivity contribution in [3.63, 3.8) is 0 Å². The molecule has 2 rings (SSSR count). The summed E-state index contributed by atoms with van der Waals surface area (Å²) in [6.45, 7) is 1.77. The van der Waals surface area contributed by atoms with E-state index in [-0.39, 0.29) is 18.9 Å². The molecule has 18 heavy (non-hydrogen) atoms. The van der Waals surface area contributed by atoms with Gasteiger partial charge < -0.3 is 15.4 Å². The van der Waals surface area contributed by atoms with Gasteiger partial charge in [0.25, 0.3) is 0 Å². The average molecular weight is 248 g/mol. The van der Waals surface area contributed by atoms with Crippen LogP contribution in [-0.4, -0.2) is 24.4 Å². The van der Waals surface area contributed by atoms with Gasteiger partial charge in [-0.25, -0.2) is 4.79 Å². The number of esters is 1. The number of ether oxygens (including phenoxy) is 1. The predicted octanol–water partition coefficient (Wildman–Crippen LogP) is 0.683. The Morgan fingerprint density at radius 3 is 2.94 bits per heavy atom. The van der Waals surface area contributed by atoms with Crippen LogP contribution in [0.5, 0.6) is 0 Å². The molecule has 1 aromatic carbocycles. The summed E-state index contributed by atoms with van der Waals surface area (Å²) in [5.41, 5.74) is 1.99. The summed E-state index contributed by atoms with van der Waals surface area (Å²) in [5.74, 6) is -1.83. The topological polar surface area (TPSA) is 84.5 Å². The lowest BCUT2D eigenvalue weighted by Gasteiger charge is -2.06. The number of anilines is 2. The number of amides is 2. The largest absolute Gasteiger partial charge is 0.459 e. The molecule has 1 aliphatic rings. The monoisotopic (exact) mass is 248 g/mol. The predicted molar refractivity (Wildman–Crippen MR) is 64.0 cm³/mol. The van der Waals surface area contributed by atoms with Gasteiger partial charge in [-0.3, -0.25) is 9.59 Å². The van der Waals surface area contributed by atoms with E-state index in [9.17, 15) is 14.4 Å². The van der Waals surface area contributed by atoms with Gasteiger partial charge in [-0.1, -0.05) is 0 Å². The van der Waals surface area contributed by atoms with Gasteiger partial charge in [-0.15, -0.1) is 0 Å². The summed E-state index contributed by atoms with van der Waals surface area (Å²) in [4.78, 5) is 33.7. The first-order valence-corrected chi connectivity index (χ1v) is 5.51. The maximum absolute atomic E-state index is 11.4. The molecule has 1 heterocycles. The van der Waals surface area contributed by atoms with Gasteiger partial charge in [0.2, 0.25) is 5.91 Å². The third-order valence-corrected chi connectivity index (χ3v) is 2.45. The van der Waals surface area contributed by atoms with Crippen LogP contribution in [0.3, 0.4) is 0 Å². The molecule has 0 radical (unpaired) electrons. The summed E-state index contributed by atoms with van der Waals surface area (Å²) in [6.07, 6.45) is 0.276. The number of benzene rings is 1. The minimum atomic E-state index is -0.924. The van der Waals surface area contributed by atoms with Gasteiger partial charge in [0.1, 0.15) is 0 Å². The molecule has 2 N–H and O–H groups in total. The Kier molecular flexibility index (Phi) is 3.27. The average Bonchev–Trinajstić information content (AvgIpc) is 2.68. The second-order valence-corrected chi connectivity index (χ2v) is 3.77. The van der Waals surface area contributed by atoms with E-state index >= 15 is 0 Å². The van der Waals surface area contributed by atoms with E-state index in [1.807, 2.05) is 0 Å². The quantitative estimate of drug-likeness (QED) is 0.595. The highest BCUT2D eigenvalue weighted by Crippen LogP contribution is 2.25. The van der Waals surface area contributed by atoms with E-state index in [0.717, 1.165) is 11.3 Å². The van der Waals surface area contributed by atoms with Gasteiger partial charge in [-0.2, -0.15) is 0 Å². The zero-order valence-corrected chi connectivity index (χ0v) is 9.78. The number of carbonyl (C=O) groups is 3. The number of carbonyl (C=O) groups excluding carboxylic acids is 3. The fourth-order valence-electron chi connectivity index (χ4n) is 1.69. The van der Waals surface area contributed by atoms with Crippen LogP contribution in [0.4, 0.5) is 11.4 Å². The standard InChI is InChI=1S/C12H12N2O4/c1-2-18-12(17)11(16)13-8-3-4-9-7(5-8)6-10(15)14-9/h3-5H,2,6H2,1H3,(H,13,16)(H,14,15). The van der Waals surface area contributed by atoms with Gasteiger partial charge in [-0.05, 0) is 30.7 Å². The van der Waals surface area contributed by atoms with Crippen molar-refractivity contribution in [2.24, 2.45) is 0 Å². The second kappa shape index (κ2) is 4.87. The maximum Gasteiger partial charge on any atom is 0.397 e. The highest BCUT2D eigenvalue weighted by Gasteiger charge is 2.19. The maximum atomic E-state index is 11.4. The van der Waals surface area contributed by atoms with Crippen LogP contribution >= 0.6 is 0 Å². The third-order valence-electron chi connectivity index (χ3n) is 2.45. The SMILES string of the molecule is CCOC(=O)C(=O)Nc1ccc2c(c1)CC(=O)N2. The Morgan fingerprint density at radius 1 is 1.44 bits per heavy atom. The Morgan fingerprint density at radius 2 is 2.22 bits per heavy atom. The Labute approximate surface area is 103 Å². The van der Waals surface area contributed by atoms with E-state index in [1.165, 1.54) is 0 Å². The van der Waals surface area contributed by atoms with Gasteiger partial charge in [0, 0.05) is 11.4 Å². The van der Waals surface area contributed by atoms with Crippen molar-refractivity contribution in [2.45, 2.75) is 13.3 Å². The van der Waals surface area contributed by atoms with Gasteiger partial charge in [0.15, 0.2) is 0 Å². The molecule has 0 unspecified atom stereocenters. The van der Waals surface area contributed by atoms with Crippen molar-refractivity contribution < 1.29 is 19.1 Å². The van der Waals surface area contributed by atoms with Gasteiger partial charge in [0.05, 0.1) is 13.0 Å². The van der Waals surface area contributed by atoms with Crippen LogP contribution in [-0.2, 0) is 25.5 Å². The van der Waals surface area contributed by atoms with Crippen molar-refractivity contribution in [3.8, 4) is 0 Å². The van der Waals surface area contributed by atoms with Crippen molar-refractivity contribution in [1.29, 1.82) is 0 Å². The normalized spacial score (nSPS) is 12.6. The molecule has 0 fully saturated rings. The van der Waals surface area contributed by atoms with Crippen molar-refractivity contribution >= 4 is 29.2 Å². The number of rotatable bonds is 2. The summed E-state index contributed by atoms with van der Waals surface area (Å²) in [6, 6.07) is 4.95. The Hall–Kier alpha value is -2.37. The smallest absolute Gasteiger partial charge is 0.397 e. The molecule has 0 saturated heterocycles. The number of nitrogens with one attached hydrogen (secondary N) is 2. The first-order valence-electron chi connectivity index (χ1n) is 5.51. The van der Waals surface area contributed by atoms with E-state index in [1.54, 1.807) is 25.1 Å². The number of hydrogen-bond donors (Lipinski definition) is 2. The molecule has 2 amide bonds. The fourth-order valence-corrected chi connectivity index (χ4v) is 1.69. The highest BCUT2D eigenvalue weighted by molar-refractivity contribution is 6.37. The number of fused-ring (bicyclic) bond motifs is 1. The van der Waals surface area contributed by atoms with Gasteiger partial charge >= 0.3 is 11.9 Å². The molecule has 0 aliphatic carbocycles. The lowest BCUT2D eigenvalue weighted by molar-refractivity contribution is -0.152. The van der Waals surface area contributed by atoms with Crippen LogP contribution in [0.2, 0.25) is 0 Å². The molecular formula is C12H12N2O4. The van der Waals surface area contributed by atoms with E-state index in [4.69, 9.17) is 0 Å². The number of hydrogen-bond acceptors (Lipinski definition) is 4. The summed E-state index contributed by atoms with van der Waals surface area (Å²) >= 11 is 0. The fraction of sp³-hybridized carbons (Fsp3) is 0.250. The van der Waals surface area contributed by atoms with Crippen molar-refractivity contribution in [1.82, 2.24) is 0 Å². The summed E-state index contributed by atoms with van der Waals surface area (Å²) in [5, 5.41) is 5.10. The second-order valence-electron chi connectivity index (χ2n) is 3.77. The molecule has 1 aliphatic heterocycles. The zero-order valence-electron chi connectivity index (χ0n) is 9.78. The third kappa shape index (κ3) is 2.48. The molecule has 0 atom stereocenters. The molecule has 1 aromatic rings. The first kappa shape index (κ1) is 12.1. The highest BCUT2D eigenvalue weighted by atomic mass is 16.5. The van der Waals surface area contributed by atoms with Crippen LogP contribution in [0.1, 0.15) is 12.5 Å². The van der Waals surface area contributed by atoms with Crippen molar-refractivity contribution in [3.05, 3.63) is 23.8 Å². The Balaban J connectivity index is 2.07. The first-order chi connectivity index (χ1) is 8.60.